The maximum Gasteiger partial charge on any atom is 0.573 e. The molecule has 1 aromatic carbocycles. The summed E-state index contributed by atoms with van der Waals surface area (Å²) in [4.78, 5) is 15.4. The monoisotopic (exact) mass is 586 g/mol. The second kappa shape index (κ2) is 11.1. The van der Waals surface area contributed by atoms with E-state index in [-0.39, 0.29) is 17.7 Å². The van der Waals surface area contributed by atoms with E-state index in [9.17, 15) is 23.4 Å². The molecular weight excluding hydrogens is 549 g/mol. The van der Waals surface area contributed by atoms with Crippen molar-refractivity contribution in [1.82, 2.24) is 19.4 Å². The lowest BCUT2D eigenvalue weighted by Crippen LogP contribution is -2.51. The Morgan fingerprint density at radius 2 is 1.90 bits per heavy atom. The second-order valence-electron chi connectivity index (χ2n) is 12.3. The standard InChI is InChI=1S/C30H37F3N6O3/c1-16(2)39(14-19-12-25(27(41)26(19)40)38-8-7-23-28(34)35-15-36-29(23)38)21-9-17(10-21)3-5-20-11-18-4-6-22(13-24(18)37-20)42-30(31,32)33/h4,6-8,13,15-17,19,21,25-27,40-41H,3,5,9-12,14H2,1-2H3,(H2,34,35,36)/t17-,19-,21+,25-,26-,27+/m1/s1. The second-order valence-corrected chi connectivity index (χ2v) is 12.3. The summed E-state index contributed by atoms with van der Waals surface area (Å²) in [7, 11) is 0. The molecule has 0 unspecified atom stereocenters. The quantitative estimate of drug-likeness (QED) is 0.330. The number of nitrogen functional groups attached to an aromatic ring is 1. The summed E-state index contributed by atoms with van der Waals surface area (Å²) in [5.41, 5.74) is 9.14. The fraction of sp³-hybridized carbons (Fsp3) is 0.567. The predicted molar refractivity (Wildman–Crippen MR) is 153 cm³/mol. The van der Waals surface area contributed by atoms with Crippen molar-refractivity contribution in [3.05, 3.63) is 42.4 Å². The number of aromatic nitrogens is 3. The van der Waals surface area contributed by atoms with E-state index < -0.39 is 18.6 Å². The highest BCUT2D eigenvalue weighted by molar-refractivity contribution is 5.94. The number of hydrogen-bond acceptors (Lipinski definition) is 8. The molecule has 6 rings (SSSR count). The number of alkyl halides is 3. The third kappa shape index (κ3) is 5.71. The normalized spacial score (nSPS) is 27.5. The van der Waals surface area contributed by atoms with Gasteiger partial charge in [-0.3, -0.25) is 9.89 Å². The van der Waals surface area contributed by atoms with Crippen molar-refractivity contribution >= 4 is 28.3 Å². The molecule has 2 aliphatic carbocycles. The van der Waals surface area contributed by atoms with Crippen LogP contribution < -0.4 is 10.5 Å². The van der Waals surface area contributed by atoms with Crippen LogP contribution in [-0.2, 0) is 6.42 Å². The van der Waals surface area contributed by atoms with Crippen molar-refractivity contribution in [2.24, 2.45) is 16.8 Å². The number of anilines is 1. The molecule has 0 bridgehead atoms. The number of nitrogens with zero attached hydrogens (tertiary/aromatic N) is 5. The summed E-state index contributed by atoms with van der Waals surface area (Å²) in [6.45, 7) is 5.04. The number of rotatable bonds is 9. The van der Waals surface area contributed by atoms with Crippen molar-refractivity contribution in [3.63, 3.8) is 0 Å². The first-order chi connectivity index (χ1) is 20.0. The molecule has 0 saturated heterocycles. The Balaban J connectivity index is 1.03. The lowest BCUT2D eigenvalue weighted by molar-refractivity contribution is -0.274. The number of nitrogens with two attached hydrogens (primary N) is 1. The van der Waals surface area contributed by atoms with Gasteiger partial charge in [0.05, 0.1) is 23.2 Å². The summed E-state index contributed by atoms with van der Waals surface area (Å²) < 4.78 is 43.6. The van der Waals surface area contributed by atoms with Gasteiger partial charge in [-0.15, -0.1) is 13.2 Å². The molecule has 0 amide bonds. The SMILES string of the molecule is CC(C)N(C[C@H]1C[C@@H](n2ccc3c(N)ncnc32)[C@H](O)[C@@H]1O)[C@H]1C[C@@H](CCC2=Nc3cc(OC(F)(F)F)ccc3C2)C1. The van der Waals surface area contributed by atoms with Crippen LogP contribution in [0.1, 0.15) is 57.6 Å². The molecule has 12 heteroatoms. The molecule has 1 aliphatic heterocycles. The average molecular weight is 587 g/mol. The average Bonchev–Trinajstić information content (AvgIpc) is 3.58. The van der Waals surface area contributed by atoms with E-state index in [1.54, 1.807) is 6.07 Å². The lowest BCUT2D eigenvalue weighted by atomic mass is 9.75. The Morgan fingerprint density at radius 1 is 1.12 bits per heavy atom. The maximum atomic E-state index is 12.6. The molecule has 2 fully saturated rings. The van der Waals surface area contributed by atoms with Gasteiger partial charge >= 0.3 is 6.36 Å². The van der Waals surface area contributed by atoms with E-state index in [0.29, 0.717) is 54.5 Å². The van der Waals surface area contributed by atoms with Crippen LogP contribution in [-0.4, -0.2) is 72.6 Å². The Morgan fingerprint density at radius 3 is 2.64 bits per heavy atom. The molecule has 4 N–H and O–H groups in total. The van der Waals surface area contributed by atoms with Crippen LogP contribution in [0.15, 0.2) is 41.8 Å². The number of hydrogen-bond donors (Lipinski definition) is 3. The summed E-state index contributed by atoms with van der Waals surface area (Å²) in [6.07, 6.45) is 2.01. The van der Waals surface area contributed by atoms with E-state index in [0.717, 1.165) is 42.3 Å². The van der Waals surface area contributed by atoms with Gasteiger partial charge in [0.1, 0.15) is 29.6 Å². The minimum atomic E-state index is -4.72. The topological polar surface area (TPSA) is 122 Å². The lowest BCUT2D eigenvalue weighted by Gasteiger charge is -2.46. The Kier molecular flexibility index (Phi) is 7.65. The van der Waals surface area contributed by atoms with E-state index >= 15 is 0 Å². The highest BCUT2D eigenvalue weighted by Crippen LogP contribution is 2.42. The third-order valence-corrected chi connectivity index (χ3v) is 9.26. The summed E-state index contributed by atoms with van der Waals surface area (Å²) in [6, 6.07) is 6.61. The number of ether oxygens (including phenoxy) is 1. The molecule has 3 heterocycles. The largest absolute Gasteiger partial charge is 0.573 e. The zero-order chi connectivity index (χ0) is 29.8. The van der Waals surface area contributed by atoms with Gasteiger partial charge in [0.2, 0.25) is 0 Å². The first kappa shape index (κ1) is 28.9. The van der Waals surface area contributed by atoms with Crippen molar-refractivity contribution in [2.45, 2.75) is 89.1 Å². The van der Waals surface area contributed by atoms with Gasteiger partial charge < -0.3 is 25.3 Å². The van der Waals surface area contributed by atoms with Crippen molar-refractivity contribution in [3.8, 4) is 5.75 Å². The summed E-state index contributed by atoms with van der Waals surface area (Å²) in [5, 5.41) is 22.8. The molecule has 0 spiro atoms. The van der Waals surface area contributed by atoms with Gasteiger partial charge in [-0.2, -0.15) is 0 Å². The Hall–Kier alpha value is -3.22. The Labute approximate surface area is 242 Å². The highest BCUT2D eigenvalue weighted by Gasteiger charge is 2.45. The van der Waals surface area contributed by atoms with Gasteiger partial charge in [0.15, 0.2) is 0 Å². The zero-order valence-corrected chi connectivity index (χ0v) is 23.7. The van der Waals surface area contributed by atoms with E-state index in [1.807, 2.05) is 16.8 Å². The fourth-order valence-electron chi connectivity index (χ4n) is 7.01. The van der Waals surface area contributed by atoms with Crippen LogP contribution in [0.2, 0.25) is 0 Å². The Bertz CT molecular complexity index is 1470. The van der Waals surface area contributed by atoms with Crippen molar-refractivity contribution in [2.75, 3.05) is 12.3 Å². The molecule has 4 atom stereocenters. The number of aliphatic hydroxyl groups excluding tert-OH is 2. The first-order valence-corrected chi connectivity index (χ1v) is 14.6. The minimum absolute atomic E-state index is 0.0827. The van der Waals surface area contributed by atoms with Gasteiger partial charge in [0.25, 0.3) is 0 Å². The van der Waals surface area contributed by atoms with Crippen LogP contribution in [0.5, 0.6) is 5.75 Å². The van der Waals surface area contributed by atoms with Crippen molar-refractivity contribution in [1.29, 1.82) is 0 Å². The molecule has 3 aromatic rings. The minimum Gasteiger partial charge on any atom is -0.406 e. The fourth-order valence-corrected chi connectivity index (χ4v) is 7.01. The maximum absolute atomic E-state index is 12.6. The van der Waals surface area contributed by atoms with E-state index in [4.69, 9.17) is 5.73 Å². The number of aliphatic hydroxyl groups is 2. The van der Waals surface area contributed by atoms with Crippen LogP contribution in [0, 0.1) is 11.8 Å². The summed E-state index contributed by atoms with van der Waals surface area (Å²) >= 11 is 0. The number of halogens is 3. The van der Waals surface area contributed by atoms with Crippen LogP contribution >= 0.6 is 0 Å². The number of aliphatic imine (C=N–C) groups is 1. The summed E-state index contributed by atoms with van der Waals surface area (Å²) in [5.74, 6) is 0.618. The van der Waals surface area contributed by atoms with Gasteiger partial charge in [-0.25, -0.2) is 9.97 Å². The third-order valence-electron chi connectivity index (χ3n) is 9.26. The number of fused-ring (bicyclic) bond motifs is 2. The zero-order valence-electron chi connectivity index (χ0n) is 23.7. The van der Waals surface area contributed by atoms with Gasteiger partial charge in [-0.05, 0) is 69.6 Å². The molecule has 2 aromatic heterocycles. The van der Waals surface area contributed by atoms with Crippen LogP contribution in [0.25, 0.3) is 11.0 Å². The highest BCUT2D eigenvalue weighted by atomic mass is 19.4. The van der Waals surface area contributed by atoms with Crippen molar-refractivity contribution < 1.29 is 28.1 Å². The molecule has 226 valence electrons. The molecule has 2 saturated carbocycles. The van der Waals surface area contributed by atoms with E-state index in [2.05, 4.69) is 38.4 Å². The molecule has 42 heavy (non-hydrogen) atoms. The predicted octanol–water partition coefficient (Wildman–Crippen LogP) is 4.79. The molecule has 0 radical (unpaired) electrons. The molecule has 9 nitrogen and oxygen atoms in total. The van der Waals surface area contributed by atoms with Crippen LogP contribution in [0.4, 0.5) is 24.7 Å². The van der Waals surface area contributed by atoms with Crippen LogP contribution in [0.3, 0.4) is 0 Å². The van der Waals surface area contributed by atoms with Gasteiger partial charge in [0, 0.05) is 48.9 Å². The number of benzene rings is 1. The smallest absolute Gasteiger partial charge is 0.406 e. The van der Waals surface area contributed by atoms with Gasteiger partial charge in [-0.1, -0.05) is 6.07 Å². The molecular formula is C30H37F3N6O3. The first-order valence-electron chi connectivity index (χ1n) is 14.6. The van der Waals surface area contributed by atoms with E-state index in [1.165, 1.54) is 18.5 Å². The molecule has 3 aliphatic rings.